The largest absolute Gasteiger partial charge is 0.375 e. The van der Waals surface area contributed by atoms with Gasteiger partial charge in [0.15, 0.2) is 5.96 Å². The fraction of sp³-hybridized carbons (Fsp3) is 0.562. The van der Waals surface area contributed by atoms with Gasteiger partial charge in [-0.3, -0.25) is 4.99 Å². The molecule has 0 aromatic heterocycles. The Morgan fingerprint density at radius 3 is 2.75 bits per heavy atom. The highest BCUT2D eigenvalue weighted by Gasteiger charge is 2.20. The summed E-state index contributed by atoms with van der Waals surface area (Å²) in [5.41, 5.74) is 1.21. The Bertz CT molecular complexity index is 401. The molecule has 0 amide bonds. The molecular formula is C16H25N3O. The number of hydrogen-bond acceptors (Lipinski definition) is 2. The van der Waals surface area contributed by atoms with Crippen LogP contribution in [0.5, 0.6) is 0 Å². The molecular weight excluding hydrogens is 250 g/mol. The molecule has 1 saturated carbocycles. The summed E-state index contributed by atoms with van der Waals surface area (Å²) in [6.07, 6.45) is 2.67. The van der Waals surface area contributed by atoms with E-state index in [9.17, 15) is 0 Å². The number of nitrogens with one attached hydrogen (secondary N) is 2. The lowest BCUT2D eigenvalue weighted by Crippen LogP contribution is -2.39. The fourth-order valence-corrected chi connectivity index (χ4v) is 1.87. The number of guanidine groups is 1. The lowest BCUT2D eigenvalue weighted by Gasteiger charge is -2.11. The van der Waals surface area contributed by atoms with E-state index in [0.717, 1.165) is 31.5 Å². The van der Waals surface area contributed by atoms with Gasteiger partial charge in [0.1, 0.15) is 0 Å². The first-order valence-electron chi connectivity index (χ1n) is 7.52. The summed E-state index contributed by atoms with van der Waals surface area (Å²) < 4.78 is 5.64. The van der Waals surface area contributed by atoms with Crippen LogP contribution in [0.2, 0.25) is 0 Å². The molecule has 0 heterocycles. The molecule has 4 nitrogen and oxygen atoms in total. The van der Waals surface area contributed by atoms with Crippen LogP contribution in [-0.4, -0.2) is 32.2 Å². The number of ether oxygens (including phenoxy) is 1. The first-order valence-corrected chi connectivity index (χ1v) is 7.52. The Labute approximate surface area is 121 Å². The maximum absolute atomic E-state index is 5.64. The van der Waals surface area contributed by atoms with E-state index in [1.807, 2.05) is 18.2 Å². The Morgan fingerprint density at radius 2 is 2.05 bits per heavy atom. The van der Waals surface area contributed by atoms with Crippen LogP contribution in [0.4, 0.5) is 0 Å². The molecule has 20 heavy (non-hydrogen) atoms. The molecule has 0 atom stereocenters. The zero-order chi connectivity index (χ0) is 14.0. The van der Waals surface area contributed by atoms with Gasteiger partial charge in [-0.2, -0.15) is 0 Å². The SMILES string of the molecule is CCNC(=NCC1CC1)NCCOCc1ccccc1. The van der Waals surface area contributed by atoms with E-state index in [0.29, 0.717) is 13.2 Å². The van der Waals surface area contributed by atoms with Crippen LogP contribution in [0.3, 0.4) is 0 Å². The summed E-state index contributed by atoms with van der Waals surface area (Å²) in [5, 5.41) is 6.56. The maximum atomic E-state index is 5.64. The van der Waals surface area contributed by atoms with Crippen molar-refractivity contribution in [2.45, 2.75) is 26.4 Å². The van der Waals surface area contributed by atoms with Crippen LogP contribution in [-0.2, 0) is 11.3 Å². The van der Waals surface area contributed by atoms with Gasteiger partial charge in [0, 0.05) is 19.6 Å². The Morgan fingerprint density at radius 1 is 1.25 bits per heavy atom. The highest BCUT2D eigenvalue weighted by atomic mass is 16.5. The minimum Gasteiger partial charge on any atom is -0.375 e. The van der Waals surface area contributed by atoms with E-state index in [1.54, 1.807) is 0 Å². The molecule has 0 bridgehead atoms. The second-order valence-corrected chi connectivity index (χ2v) is 5.13. The van der Waals surface area contributed by atoms with Crippen molar-refractivity contribution in [2.24, 2.45) is 10.9 Å². The van der Waals surface area contributed by atoms with Crippen LogP contribution in [0.15, 0.2) is 35.3 Å². The normalized spacial score (nSPS) is 15.2. The lowest BCUT2D eigenvalue weighted by molar-refractivity contribution is 0.125. The second kappa shape index (κ2) is 8.59. The zero-order valence-electron chi connectivity index (χ0n) is 12.3. The van der Waals surface area contributed by atoms with Crippen molar-refractivity contribution in [1.82, 2.24) is 10.6 Å². The van der Waals surface area contributed by atoms with E-state index in [2.05, 4.69) is 34.7 Å². The van der Waals surface area contributed by atoms with E-state index in [-0.39, 0.29) is 0 Å². The van der Waals surface area contributed by atoms with Gasteiger partial charge < -0.3 is 15.4 Å². The van der Waals surface area contributed by atoms with E-state index in [4.69, 9.17) is 4.74 Å². The molecule has 1 aromatic carbocycles. The van der Waals surface area contributed by atoms with E-state index < -0.39 is 0 Å². The molecule has 2 N–H and O–H groups in total. The van der Waals surface area contributed by atoms with Gasteiger partial charge in [0.25, 0.3) is 0 Å². The molecule has 0 saturated heterocycles. The average Bonchev–Trinajstić information content (AvgIpc) is 3.29. The molecule has 0 aliphatic heterocycles. The van der Waals surface area contributed by atoms with Gasteiger partial charge in [-0.15, -0.1) is 0 Å². The summed E-state index contributed by atoms with van der Waals surface area (Å²) in [7, 11) is 0. The third kappa shape index (κ3) is 6.06. The smallest absolute Gasteiger partial charge is 0.191 e. The molecule has 110 valence electrons. The molecule has 0 unspecified atom stereocenters. The topological polar surface area (TPSA) is 45.7 Å². The van der Waals surface area contributed by atoms with Gasteiger partial charge in [-0.05, 0) is 31.2 Å². The highest BCUT2D eigenvalue weighted by molar-refractivity contribution is 5.79. The average molecular weight is 275 g/mol. The summed E-state index contributed by atoms with van der Waals surface area (Å²) in [4.78, 5) is 4.57. The standard InChI is InChI=1S/C16H25N3O/c1-2-17-16(19-12-14-8-9-14)18-10-11-20-13-15-6-4-3-5-7-15/h3-7,14H,2,8-13H2,1H3,(H2,17,18,19). The Kier molecular flexibility index (Phi) is 6.38. The Balaban J connectivity index is 1.59. The van der Waals surface area contributed by atoms with Crippen molar-refractivity contribution >= 4 is 5.96 Å². The van der Waals surface area contributed by atoms with Gasteiger partial charge in [0.05, 0.1) is 13.2 Å². The third-order valence-corrected chi connectivity index (χ3v) is 3.20. The van der Waals surface area contributed by atoms with Crippen molar-refractivity contribution in [3.8, 4) is 0 Å². The number of hydrogen-bond donors (Lipinski definition) is 2. The predicted molar refractivity (Wildman–Crippen MR) is 82.8 cm³/mol. The molecule has 4 heteroatoms. The van der Waals surface area contributed by atoms with Crippen LogP contribution in [0.25, 0.3) is 0 Å². The van der Waals surface area contributed by atoms with Crippen LogP contribution in [0, 0.1) is 5.92 Å². The summed E-state index contributed by atoms with van der Waals surface area (Å²) in [6.45, 7) is 6.05. The quantitative estimate of drug-likeness (QED) is 0.434. The van der Waals surface area contributed by atoms with Gasteiger partial charge in [-0.1, -0.05) is 30.3 Å². The van der Waals surface area contributed by atoms with Crippen molar-refractivity contribution in [3.05, 3.63) is 35.9 Å². The number of aliphatic imine (C=N–C) groups is 1. The fourth-order valence-electron chi connectivity index (χ4n) is 1.87. The van der Waals surface area contributed by atoms with E-state index >= 15 is 0 Å². The first-order chi connectivity index (χ1) is 9.88. The molecule has 0 radical (unpaired) electrons. The zero-order valence-corrected chi connectivity index (χ0v) is 12.3. The Hall–Kier alpha value is -1.55. The summed E-state index contributed by atoms with van der Waals surface area (Å²) in [5.74, 6) is 1.72. The molecule has 1 aromatic rings. The van der Waals surface area contributed by atoms with E-state index in [1.165, 1.54) is 18.4 Å². The first kappa shape index (κ1) is 14.9. The summed E-state index contributed by atoms with van der Waals surface area (Å²) >= 11 is 0. The van der Waals surface area contributed by atoms with Gasteiger partial charge >= 0.3 is 0 Å². The second-order valence-electron chi connectivity index (χ2n) is 5.13. The third-order valence-electron chi connectivity index (χ3n) is 3.20. The molecule has 2 rings (SSSR count). The van der Waals surface area contributed by atoms with Gasteiger partial charge in [0.2, 0.25) is 0 Å². The van der Waals surface area contributed by atoms with Crippen LogP contribution in [0.1, 0.15) is 25.3 Å². The minimum atomic E-state index is 0.665. The number of nitrogens with zero attached hydrogens (tertiary/aromatic N) is 1. The monoisotopic (exact) mass is 275 g/mol. The number of benzene rings is 1. The van der Waals surface area contributed by atoms with Gasteiger partial charge in [-0.25, -0.2) is 0 Å². The van der Waals surface area contributed by atoms with Crippen LogP contribution >= 0.6 is 0 Å². The molecule has 0 spiro atoms. The molecule has 1 fully saturated rings. The maximum Gasteiger partial charge on any atom is 0.191 e. The van der Waals surface area contributed by atoms with Crippen molar-refractivity contribution in [2.75, 3.05) is 26.2 Å². The van der Waals surface area contributed by atoms with Crippen molar-refractivity contribution in [1.29, 1.82) is 0 Å². The number of rotatable bonds is 8. The van der Waals surface area contributed by atoms with Crippen molar-refractivity contribution in [3.63, 3.8) is 0 Å². The predicted octanol–water partition coefficient (Wildman–Crippen LogP) is 2.17. The van der Waals surface area contributed by atoms with Crippen LogP contribution < -0.4 is 10.6 Å². The van der Waals surface area contributed by atoms with Crippen molar-refractivity contribution < 1.29 is 4.74 Å². The lowest BCUT2D eigenvalue weighted by atomic mass is 10.2. The molecule has 1 aliphatic carbocycles. The molecule has 1 aliphatic rings. The minimum absolute atomic E-state index is 0.665. The highest BCUT2D eigenvalue weighted by Crippen LogP contribution is 2.28. The summed E-state index contributed by atoms with van der Waals surface area (Å²) in [6, 6.07) is 10.2.